The number of halogens is 2. The first-order valence-electron chi connectivity index (χ1n) is 6.75. The number of anilines is 1. The van der Waals surface area contributed by atoms with Crippen LogP contribution in [0.2, 0.25) is 0 Å². The molecule has 20 heavy (non-hydrogen) atoms. The van der Waals surface area contributed by atoms with Crippen molar-refractivity contribution in [1.82, 2.24) is 4.90 Å². The van der Waals surface area contributed by atoms with Crippen molar-refractivity contribution in [2.45, 2.75) is 12.8 Å². The third kappa shape index (κ3) is 4.25. The lowest BCUT2D eigenvalue weighted by molar-refractivity contribution is -0.117. The topological polar surface area (TPSA) is 58.4 Å². The molecule has 1 aliphatic heterocycles. The Morgan fingerprint density at radius 2 is 1.85 bits per heavy atom. The van der Waals surface area contributed by atoms with Crippen molar-refractivity contribution in [3.05, 3.63) is 29.8 Å². The zero-order valence-corrected chi connectivity index (χ0v) is 11.2. The van der Waals surface area contributed by atoms with Gasteiger partial charge in [0.15, 0.2) is 0 Å². The number of nitrogens with one attached hydrogen (secondary N) is 1. The number of benzene rings is 1. The van der Waals surface area contributed by atoms with Crippen molar-refractivity contribution >= 4 is 11.6 Å². The summed E-state index contributed by atoms with van der Waals surface area (Å²) in [6, 6.07) is 2.97. The Hall–Kier alpha value is -1.53. The van der Waals surface area contributed by atoms with Crippen LogP contribution in [0.4, 0.5) is 14.5 Å². The molecule has 0 atom stereocenters. The largest absolute Gasteiger partial charge is 0.330 e. The minimum Gasteiger partial charge on any atom is -0.330 e. The monoisotopic (exact) mass is 283 g/mol. The number of carbonyl (C=O) groups is 1. The molecule has 1 aromatic rings. The third-order valence-corrected chi connectivity index (χ3v) is 3.55. The lowest BCUT2D eigenvalue weighted by atomic mass is 9.97. The van der Waals surface area contributed by atoms with Gasteiger partial charge in [0, 0.05) is 11.8 Å². The molecule has 0 aromatic heterocycles. The fourth-order valence-electron chi connectivity index (χ4n) is 2.41. The molecule has 3 N–H and O–H groups in total. The Morgan fingerprint density at radius 1 is 1.25 bits per heavy atom. The third-order valence-electron chi connectivity index (χ3n) is 3.55. The van der Waals surface area contributed by atoms with E-state index in [0.29, 0.717) is 12.5 Å². The highest BCUT2D eigenvalue weighted by Gasteiger charge is 2.19. The summed E-state index contributed by atoms with van der Waals surface area (Å²) in [7, 11) is 0. The van der Waals surface area contributed by atoms with Gasteiger partial charge in [0.25, 0.3) is 0 Å². The molecule has 4 nitrogen and oxygen atoms in total. The fraction of sp³-hybridized carbons (Fsp3) is 0.500. The second kappa shape index (κ2) is 6.76. The molecule has 1 aromatic carbocycles. The molecule has 0 unspecified atom stereocenters. The van der Waals surface area contributed by atoms with E-state index in [-0.39, 0.29) is 18.1 Å². The van der Waals surface area contributed by atoms with Crippen LogP contribution in [-0.2, 0) is 4.79 Å². The van der Waals surface area contributed by atoms with E-state index in [2.05, 4.69) is 5.32 Å². The molecule has 0 saturated carbocycles. The second-order valence-corrected chi connectivity index (χ2v) is 5.16. The average molecular weight is 283 g/mol. The standard InChI is InChI=1S/C14H19F2N3O/c15-11-5-12(16)7-13(6-11)18-14(20)9-19-3-1-10(8-17)2-4-19/h5-7,10H,1-4,8-9,17H2,(H,18,20). The highest BCUT2D eigenvalue weighted by atomic mass is 19.1. The molecular formula is C14H19F2N3O. The Labute approximate surface area is 116 Å². The molecule has 0 bridgehead atoms. The highest BCUT2D eigenvalue weighted by Crippen LogP contribution is 2.16. The Balaban J connectivity index is 1.83. The average Bonchev–Trinajstić information content (AvgIpc) is 2.38. The van der Waals surface area contributed by atoms with Crippen molar-refractivity contribution in [2.24, 2.45) is 11.7 Å². The molecule has 0 spiro atoms. The summed E-state index contributed by atoms with van der Waals surface area (Å²) >= 11 is 0. The van der Waals surface area contributed by atoms with Crippen molar-refractivity contribution in [3.8, 4) is 0 Å². The summed E-state index contributed by atoms with van der Waals surface area (Å²) in [4.78, 5) is 13.9. The van der Waals surface area contributed by atoms with Crippen LogP contribution in [0.25, 0.3) is 0 Å². The summed E-state index contributed by atoms with van der Waals surface area (Å²) < 4.78 is 26.0. The molecule has 110 valence electrons. The number of piperidine rings is 1. The van der Waals surface area contributed by atoms with Crippen molar-refractivity contribution in [2.75, 3.05) is 31.5 Å². The summed E-state index contributed by atoms with van der Waals surface area (Å²) in [5.74, 6) is -1.14. The van der Waals surface area contributed by atoms with Crippen molar-refractivity contribution in [1.29, 1.82) is 0 Å². The second-order valence-electron chi connectivity index (χ2n) is 5.16. The SMILES string of the molecule is NCC1CCN(CC(=O)Nc2cc(F)cc(F)c2)CC1. The number of amides is 1. The molecule has 1 amide bonds. The number of hydrogen-bond acceptors (Lipinski definition) is 3. The molecule has 0 aliphatic carbocycles. The predicted octanol–water partition coefficient (Wildman–Crippen LogP) is 1.57. The first-order chi connectivity index (χ1) is 9.56. The minimum atomic E-state index is -0.705. The quantitative estimate of drug-likeness (QED) is 0.882. The Kier molecular flexibility index (Phi) is 5.03. The van der Waals surface area contributed by atoms with Gasteiger partial charge in [-0.25, -0.2) is 8.78 Å². The maximum Gasteiger partial charge on any atom is 0.238 e. The molecule has 0 radical (unpaired) electrons. The Bertz CT molecular complexity index is 453. The van der Waals surface area contributed by atoms with Gasteiger partial charge < -0.3 is 11.1 Å². The van der Waals surface area contributed by atoms with Crippen LogP contribution in [0.1, 0.15) is 12.8 Å². The summed E-state index contributed by atoms with van der Waals surface area (Å²) in [5.41, 5.74) is 5.75. The van der Waals surface area contributed by atoms with Crippen LogP contribution < -0.4 is 11.1 Å². The van der Waals surface area contributed by atoms with Gasteiger partial charge in [0.05, 0.1) is 6.54 Å². The van der Waals surface area contributed by atoms with Gasteiger partial charge in [0.2, 0.25) is 5.91 Å². The molecular weight excluding hydrogens is 264 g/mol. The van der Waals surface area contributed by atoms with E-state index in [1.165, 1.54) is 0 Å². The van der Waals surface area contributed by atoms with E-state index < -0.39 is 11.6 Å². The van der Waals surface area contributed by atoms with Gasteiger partial charge in [-0.1, -0.05) is 0 Å². The number of nitrogens with zero attached hydrogens (tertiary/aromatic N) is 1. The van der Waals surface area contributed by atoms with Crippen LogP contribution in [0.3, 0.4) is 0 Å². The maximum absolute atomic E-state index is 13.0. The summed E-state index contributed by atoms with van der Waals surface area (Å²) in [6.45, 7) is 2.57. The van der Waals surface area contributed by atoms with Crippen LogP contribution >= 0.6 is 0 Å². The van der Waals surface area contributed by atoms with Gasteiger partial charge in [-0.3, -0.25) is 9.69 Å². The highest BCUT2D eigenvalue weighted by molar-refractivity contribution is 5.92. The van der Waals surface area contributed by atoms with E-state index in [1.54, 1.807) is 0 Å². The van der Waals surface area contributed by atoms with Crippen LogP contribution in [-0.4, -0.2) is 37.0 Å². The zero-order chi connectivity index (χ0) is 14.5. The van der Waals surface area contributed by atoms with Gasteiger partial charge in [-0.05, 0) is 50.5 Å². The predicted molar refractivity (Wildman–Crippen MR) is 73.2 cm³/mol. The van der Waals surface area contributed by atoms with Gasteiger partial charge in [-0.2, -0.15) is 0 Å². The van der Waals surface area contributed by atoms with Gasteiger partial charge >= 0.3 is 0 Å². The van der Waals surface area contributed by atoms with Gasteiger partial charge in [0.1, 0.15) is 11.6 Å². The van der Waals surface area contributed by atoms with E-state index >= 15 is 0 Å². The van der Waals surface area contributed by atoms with Crippen LogP contribution in [0.15, 0.2) is 18.2 Å². The van der Waals surface area contributed by atoms with E-state index in [1.807, 2.05) is 4.90 Å². The summed E-state index contributed by atoms with van der Waals surface area (Å²) in [6.07, 6.45) is 1.97. The number of nitrogens with two attached hydrogens (primary N) is 1. The van der Waals surface area contributed by atoms with E-state index in [0.717, 1.165) is 44.1 Å². The molecule has 2 rings (SSSR count). The summed E-state index contributed by atoms with van der Waals surface area (Å²) in [5, 5.41) is 2.51. The lowest BCUT2D eigenvalue weighted by Gasteiger charge is -2.30. The maximum atomic E-state index is 13.0. The van der Waals surface area contributed by atoms with Gasteiger partial charge in [-0.15, -0.1) is 0 Å². The molecule has 1 fully saturated rings. The molecule has 6 heteroatoms. The smallest absolute Gasteiger partial charge is 0.238 e. The normalized spacial score (nSPS) is 17.1. The van der Waals surface area contributed by atoms with Crippen LogP contribution in [0.5, 0.6) is 0 Å². The van der Waals surface area contributed by atoms with Crippen LogP contribution in [0, 0.1) is 17.6 Å². The minimum absolute atomic E-state index is 0.143. The molecule has 1 aliphatic rings. The number of likely N-dealkylation sites (tertiary alicyclic amines) is 1. The lowest BCUT2D eigenvalue weighted by Crippen LogP contribution is -2.40. The molecule has 1 heterocycles. The number of carbonyl (C=O) groups excluding carboxylic acids is 1. The van der Waals surface area contributed by atoms with E-state index in [4.69, 9.17) is 5.73 Å². The number of hydrogen-bond donors (Lipinski definition) is 2. The Morgan fingerprint density at radius 3 is 2.40 bits per heavy atom. The first kappa shape index (κ1) is 14.9. The number of rotatable bonds is 4. The first-order valence-corrected chi connectivity index (χ1v) is 6.75. The van der Waals surface area contributed by atoms with Crippen molar-refractivity contribution in [3.63, 3.8) is 0 Å². The molecule has 1 saturated heterocycles. The van der Waals surface area contributed by atoms with E-state index in [9.17, 15) is 13.6 Å². The fourth-order valence-corrected chi connectivity index (χ4v) is 2.41. The zero-order valence-electron chi connectivity index (χ0n) is 11.2. The van der Waals surface area contributed by atoms with Crippen molar-refractivity contribution < 1.29 is 13.6 Å².